The standard InChI is InChI=1S/C21H33N5O/c1-2-16-15-23-24-19(16)17-8-13-25(14-9-17)20-18(7-6-10-22-20)21(27)26-11-4-3-5-12-26/h6-7,10,16-17,19,23-24H,2-5,8-9,11-15H2,1H3. The van der Waals surface area contributed by atoms with E-state index >= 15 is 0 Å². The SMILES string of the molecule is CCC1CNNC1C1CCN(c2ncccc2C(=O)N2CCCCC2)CC1. The van der Waals surface area contributed by atoms with Crippen molar-refractivity contribution in [3.05, 3.63) is 23.9 Å². The summed E-state index contributed by atoms with van der Waals surface area (Å²) < 4.78 is 0. The zero-order valence-electron chi connectivity index (χ0n) is 16.5. The van der Waals surface area contributed by atoms with Crippen LogP contribution in [0.3, 0.4) is 0 Å². The average Bonchev–Trinajstić information content (AvgIpc) is 3.23. The number of hydrogen-bond acceptors (Lipinski definition) is 5. The number of rotatable bonds is 4. The number of hydrogen-bond donors (Lipinski definition) is 2. The fourth-order valence-corrected chi connectivity index (χ4v) is 5.01. The number of carbonyl (C=O) groups is 1. The second kappa shape index (κ2) is 8.57. The molecule has 4 heterocycles. The van der Waals surface area contributed by atoms with Crippen molar-refractivity contribution in [3.63, 3.8) is 0 Å². The largest absolute Gasteiger partial charge is 0.356 e. The molecule has 0 saturated carbocycles. The fraction of sp³-hybridized carbons (Fsp3) is 0.714. The van der Waals surface area contributed by atoms with Crippen molar-refractivity contribution in [1.29, 1.82) is 0 Å². The van der Waals surface area contributed by atoms with Crippen LogP contribution < -0.4 is 15.8 Å². The van der Waals surface area contributed by atoms with Gasteiger partial charge in [-0.05, 0) is 56.1 Å². The molecule has 1 aromatic heterocycles. The van der Waals surface area contributed by atoms with Crippen molar-refractivity contribution in [3.8, 4) is 0 Å². The van der Waals surface area contributed by atoms with Crippen LogP contribution in [0, 0.1) is 11.8 Å². The molecule has 6 heteroatoms. The molecule has 0 bridgehead atoms. The van der Waals surface area contributed by atoms with E-state index < -0.39 is 0 Å². The van der Waals surface area contributed by atoms with Gasteiger partial charge in [0.2, 0.25) is 0 Å². The summed E-state index contributed by atoms with van der Waals surface area (Å²) in [6.45, 7) is 7.10. The Balaban J connectivity index is 1.43. The lowest BCUT2D eigenvalue weighted by Crippen LogP contribution is -2.45. The Labute approximate surface area is 162 Å². The van der Waals surface area contributed by atoms with Gasteiger partial charge in [0.25, 0.3) is 5.91 Å². The number of carbonyl (C=O) groups excluding carboxylic acids is 1. The number of pyridine rings is 1. The van der Waals surface area contributed by atoms with Gasteiger partial charge < -0.3 is 9.80 Å². The van der Waals surface area contributed by atoms with Crippen molar-refractivity contribution >= 4 is 11.7 Å². The van der Waals surface area contributed by atoms with Crippen LogP contribution in [0.1, 0.15) is 55.8 Å². The van der Waals surface area contributed by atoms with Gasteiger partial charge >= 0.3 is 0 Å². The second-order valence-electron chi connectivity index (χ2n) is 8.27. The van der Waals surface area contributed by atoms with Crippen LogP contribution in [0.25, 0.3) is 0 Å². The maximum atomic E-state index is 13.1. The third kappa shape index (κ3) is 3.97. The van der Waals surface area contributed by atoms with Crippen LogP contribution in [-0.4, -0.2) is 54.6 Å². The lowest BCUT2D eigenvalue weighted by Gasteiger charge is -2.37. The van der Waals surface area contributed by atoms with Gasteiger partial charge in [0.15, 0.2) is 0 Å². The first-order chi connectivity index (χ1) is 13.3. The van der Waals surface area contributed by atoms with E-state index in [0.717, 1.165) is 75.7 Å². The molecule has 3 fully saturated rings. The van der Waals surface area contributed by atoms with E-state index in [1.807, 2.05) is 23.2 Å². The highest BCUT2D eigenvalue weighted by Crippen LogP contribution is 2.31. The normalized spacial score (nSPS) is 27.1. The number of anilines is 1. The number of aromatic nitrogens is 1. The molecule has 0 spiro atoms. The van der Waals surface area contributed by atoms with Crippen molar-refractivity contribution in [1.82, 2.24) is 20.7 Å². The van der Waals surface area contributed by atoms with E-state index in [1.165, 1.54) is 12.8 Å². The predicted molar refractivity (Wildman–Crippen MR) is 108 cm³/mol. The van der Waals surface area contributed by atoms with Crippen LogP contribution in [-0.2, 0) is 0 Å². The Bertz CT molecular complexity index is 637. The highest BCUT2D eigenvalue weighted by Gasteiger charge is 2.35. The van der Waals surface area contributed by atoms with Gasteiger partial charge in [0, 0.05) is 45.0 Å². The zero-order valence-corrected chi connectivity index (χ0v) is 16.5. The monoisotopic (exact) mass is 371 g/mol. The molecular weight excluding hydrogens is 338 g/mol. The van der Waals surface area contributed by atoms with Crippen LogP contribution in [0.4, 0.5) is 5.82 Å². The summed E-state index contributed by atoms with van der Waals surface area (Å²) in [4.78, 5) is 22.0. The minimum atomic E-state index is 0.160. The Hall–Kier alpha value is -1.66. The number of piperidine rings is 2. The van der Waals surface area contributed by atoms with Crippen LogP contribution in [0.5, 0.6) is 0 Å². The van der Waals surface area contributed by atoms with E-state index in [2.05, 4.69) is 27.7 Å². The molecule has 0 aromatic carbocycles. The van der Waals surface area contributed by atoms with Crippen LogP contribution in [0.2, 0.25) is 0 Å². The maximum Gasteiger partial charge on any atom is 0.257 e. The minimum absolute atomic E-state index is 0.160. The van der Waals surface area contributed by atoms with E-state index in [1.54, 1.807) is 0 Å². The van der Waals surface area contributed by atoms with Gasteiger partial charge in [0.1, 0.15) is 5.82 Å². The predicted octanol–water partition coefficient (Wildman–Crippen LogP) is 2.43. The molecule has 1 aromatic rings. The summed E-state index contributed by atoms with van der Waals surface area (Å²) in [7, 11) is 0. The summed E-state index contributed by atoms with van der Waals surface area (Å²) in [6, 6.07) is 4.43. The summed E-state index contributed by atoms with van der Waals surface area (Å²) in [5, 5.41) is 0. The first-order valence-corrected chi connectivity index (χ1v) is 10.8. The molecule has 1 amide bonds. The number of nitrogens with zero attached hydrogens (tertiary/aromatic N) is 3. The molecule has 2 unspecified atom stereocenters. The highest BCUT2D eigenvalue weighted by molar-refractivity contribution is 5.99. The Morgan fingerprint density at radius 3 is 2.70 bits per heavy atom. The van der Waals surface area contributed by atoms with E-state index in [4.69, 9.17) is 0 Å². The van der Waals surface area contributed by atoms with E-state index in [0.29, 0.717) is 12.0 Å². The van der Waals surface area contributed by atoms with Gasteiger partial charge in [-0.3, -0.25) is 15.6 Å². The number of nitrogens with one attached hydrogen (secondary N) is 2. The third-order valence-corrected chi connectivity index (χ3v) is 6.67. The van der Waals surface area contributed by atoms with Crippen molar-refractivity contribution in [2.75, 3.05) is 37.6 Å². The van der Waals surface area contributed by atoms with Crippen LogP contribution in [0.15, 0.2) is 18.3 Å². The number of likely N-dealkylation sites (tertiary alicyclic amines) is 1. The second-order valence-corrected chi connectivity index (χ2v) is 8.27. The molecule has 0 aliphatic carbocycles. The molecule has 6 nitrogen and oxygen atoms in total. The number of amides is 1. The summed E-state index contributed by atoms with van der Waals surface area (Å²) in [5.74, 6) is 2.47. The van der Waals surface area contributed by atoms with Gasteiger partial charge in [-0.1, -0.05) is 13.3 Å². The zero-order chi connectivity index (χ0) is 18.6. The van der Waals surface area contributed by atoms with E-state index in [-0.39, 0.29) is 5.91 Å². The molecule has 2 N–H and O–H groups in total. The fourth-order valence-electron chi connectivity index (χ4n) is 5.01. The molecule has 4 rings (SSSR count). The van der Waals surface area contributed by atoms with Crippen molar-refractivity contribution in [2.45, 2.75) is 51.5 Å². The quantitative estimate of drug-likeness (QED) is 0.851. The highest BCUT2D eigenvalue weighted by atomic mass is 16.2. The number of hydrazine groups is 1. The summed E-state index contributed by atoms with van der Waals surface area (Å²) >= 11 is 0. The van der Waals surface area contributed by atoms with Gasteiger partial charge in [-0.2, -0.15) is 0 Å². The summed E-state index contributed by atoms with van der Waals surface area (Å²) in [5.41, 5.74) is 7.64. The van der Waals surface area contributed by atoms with Crippen molar-refractivity contribution in [2.24, 2.45) is 11.8 Å². The van der Waals surface area contributed by atoms with Gasteiger partial charge in [-0.15, -0.1) is 0 Å². The molecule has 148 valence electrons. The van der Waals surface area contributed by atoms with Gasteiger partial charge in [0.05, 0.1) is 5.56 Å². The smallest absolute Gasteiger partial charge is 0.257 e. The molecule has 0 radical (unpaired) electrons. The molecule has 3 aliphatic rings. The average molecular weight is 372 g/mol. The molecular formula is C21H33N5O. The topological polar surface area (TPSA) is 60.5 Å². The Morgan fingerprint density at radius 2 is 1.96 bits per heavy atom. The van der Waals surface area contributed by atoms with E-state index in [9.17, 15) is 4.79 Å². The van der Waals surface area contributed by atoms with Crippen LogP contribution >= 0.6 is 0 Å². The third-order valence-electron chi connectivity index (χ3n) is 6.67. The first-order valence-electron chi connectivity index (χ1n) is 10.8. The Kier molecular flexibility index (Phi) is 5.93. The lowest BCUT2D eigenvalue weighted by molar-refractivity contribution is 0.0724. The molecule has 3 saturated heterocycles. The summed E-state index contributed by atoms with van der Waals surface area (Å²) in [6.07, 6.45) is 8.83. The van der Waals surface area contributed by atoms with Gasteiger partial charge in [-0.25, -0.2) is 4.98 Å². The molecule has 2 atom stereocenters. The first kappa shape index (κ1) is 18.7. The lowest BCUT2D eigenvalue weighted by atomic mass is 9.82. The van der Waals surface area contributed by atoms with Crippen molar-refractivity contribution < 1.29 is 4.79 Å². The molecule has 3 aliphatic heterocycles. The minimum Gasteiger partial charge on any atom is -0.356 e. The maximum absolute atomic E-state index is 13.1. The molecule has 27 heavy (non-hydrogen) atoms. The Morgan fingerprint density at radius 1 is 1.19 bits per heavy atom.